The van der Waals surface area contributed by atoms with Crippen molar-refractivity contribution in [2.24, 2.45) is 0 Å². The first-order valence-corrected chi connectivity index (χ1v) is 11.5. The predicted octanol–water partition coefficient (Wildman–Crippen LogP) is 6.97. The zero-order valence-electron chi connectivity index (χ0n) is 19.4. The summed E-state index contributed by atoms with van der Waals surface area (Å²) in [6.45, 7) is 0. The van der Waals surface area contributed by atoms with Crippen molar-refractivity contribution < 1.29 is 49.2 Å². The molecule has 0 fully saturated rings. The molecule has 5 rings (SSSR count). The molecular formula is C25H12ClF8N3O3. The molecular weight excluding hydrogens is 578 g/mol. The van der Waals surface area contributed by atoms with Crippen LogP contribution in [0.25, 0.3) is 11.0 Å². The third-order valence-corrected chi connectivity index (χ3v) is 6.39. The zero-order chi connectivity index (χ0) is 29.1. The van der Waals surface area contributed by atoms with Crippen molar-refractivity contribution in [3.63, 3.8) is 0 Å². The van der Waals surface area contributed by atoms with E-state index in [0.717, 1.165) is 18.2 Å². The molecule has 1 aliphatic rings. The summed E-state index contributed by atoms with van der Waals surface area (Å²) in [5, 5.41) is 7.76. The number of hydrogen-bond donors (Lipinski definition) is 2. The lowest BCUT2D eigenvalue weighted by Crippen LogP contribution is -2.21. The summed E-state index contributed by atoms with van der Waals surface area (Å²) < 4.78 is 112. The molecule has 2 heterocycles. The minimum Gasteiger partial charge on any atom is -0.355 e. The number of amides is 2. The summed E-state index contributed by atoms with van der Waals surface area (Å²) in [7, 11) is 0. The second-order valence-electron chi connectivity index (χ2n) is 8.76. The van der Waals surface area contributed by atoms with Crippen molar-refractivity contribution in [2.75, 3.05) is 5.32 Å². The van der Waals surface area contributed by atoms with E-state index in [-0.39, 0.29) is 44.4 Å². The summed E-state index contributed by atoms with van der Waals surface area (Å²) in [5.41, 5.74) is -4.15. The highest BCUT2D eigenvalue weighted by atomic mass is 35.5. The van der Waals surface area contributed by atoms with Crippen LogP contribution in [0.4, 0.5) is 40.8 Å². The van der Waals surface area contributed by atoms with Gasteiger partial charge in [0.05, 0.1) is 23.6 Å². The Bertz CT molecular complexity index is 1700. The maximum atomic E-state index is 14.1. The molecule has 2 N–H and O–H groups in total. The molecule has 3 aromatic carbocycles. The van der Waals surface area contributed by atoms with Gasteiger partial charge in [-0.2, -0.15) is 26.3 Å². The molecule has 0 spiro atoms. The molecule has 1 atom stereocenters. The number of nitrogens with zero attached hydrogens (tertiary/aromatic N) is 1. The molecule has 0 bridgehead atoms. The number of rotatable bonds is 4. The lowest BCUT2D eigenvalue weighted by Gasteiger charge is -2.18. The van der Waals surface area contributed by atoms with Gasteiger partial charge in [0.15, 0.2) is 5.58 Å². The predicted molar refractivity (Wildman–Crippen MR) is 124 cm³/mol. The van der Waals surface area contributed by atoms with Gasteiger partial charge in [0.25, 0.3) is 11.8 Å². The number of fused-ring (bicyclic) bond motifs is 3. The second kappa shape index (κ2) is 9.47. The molecule has 1 aromatic heterocycles. The van der Waals surface area contributed by atoms with E-state index in [1.165, 1.54) is 6.07 Å². The van der Waals surface area contributed by atoms with Crippen LogP contribution in [0.5, 0.6) is 0 Å². The van der Waals surface area contributed by atoms with Crippen LogP contribution < -0.4 is 10.6 Å². The molecule has 0 radical (unpaired) electrons. The van der Waals surface area contributed by atoms with Crippen LogP contribution in [0.2, 0.25) is 5.02 Å². The number of carbonyl (C=O) groups is 2. The lowest BCUT2D eigenvalue weighted by molar-refractivity contribution is -0.137. The Morgan fingerprint density at radius 3 is 2.42 bits per heavy atom. The number of hydrogen-bond acceptors (Lipinski definition) is 4. The topological polar surface area (TPSA) is 84.2 Å². The van der Waals surface area contributed by atoms with Crippen LogP contribution in [-0.2, 0) is 12.6 Å². The van der Waals surface area contributed by atoms with Crippen molar-refractivity contribution in [1.82, 2.24) is 10.5 Å². The number of halogens is 9. The van der Waals surface area contributed by atoms with Crippen LogP contribution in [0.1, 0.15) is 49.1 Å². The van der Waals surface area contributed by atoms with Crippen LogP contribution in [0.15, 0.2) is 47.0 Å². The molecule has 1 aliphatic heterocycles. The lowest BCUT2D eigenvalue weighted by atomic mass is 9.94. The first-order chi connectivity index (χ1) is 18.6. The minimum atomic E-state index is -5.00. The van der Waals surface area contributed by atoms with Crippen LogP contribution >= 0.6 is 11.6 Å². The summed E-state index contributed by atoms with van der Waals surface area (Å²) >= 11 is 6.20. The third-order valence-electron chi connectivity index (χ3n) is 6.04. The van der Waals surface area contributed by atoms with E-state index in [0.29, 0.717) is 12.1 Å². The van der Waals surface area contributed by atoms with E-state index in [9.17, 15) is 44.7 Å². The number of benzene rings is 3. The van der Waals surface area contributed by atoms with E-state index in [1.807, 2.05) is 0 Å². The summed E-state index contributed by atoms with van der Waals surface area (Å²) in [5.74, 6) is -4.33. The highest BCUT2D eigenvalue weighted by Crippen LogP contribution is 2.44. The second-order valence-corrected chi connectivity index (χ2v) is 9.17. The molecule has 2 amide bonds. The molecule has 4 aromatic rings. The average molecular weight is 590 g/mol. The zero-order valence-corrected chi connectivity index (χ0v) is 20.2. The molecule has 15 heteroatoms. The van der Waals surface area contributed by atoms with Gasteiger partial charge in [-0.15, -0.1) is 0 Å². The van der Waals surface area contributed by atoms with Crippen LogP contribution in [-0.4, -0.2) is 23.1 Å². The summed E-state index contributed by atoms with van der Waals surface area (Å²) in [6.07, 6.45) is -11.3. The van der Waals surface area contributed by atoms with Gasteiger partial charge in [-0.1, -0.05) is 16.8 Å². The maximum absolute atomic E-state index is 14.1. The molecule has 0 saturated heterocycles. The van der Waals surface area contributed by atoms with Gasteiger partial charge in [-0.3, -0.25) is 9.59 Å². The van der Waals surface area contributed by atoms with Crippen molar-refractivity contribution in [3.8, 4) is 0 Å². The largest absolute Gasteiger partial charge is 0.416 e. The average Bonchev–Trinajstić information content (AvgIpc) is 3.39. The first kappa shape index (κ1) is 27.4. The summed E-state index contributed by atoms with van der Waals surface area (Å²) in [6, 6.07) is 3.93. The fourth-order valence-electron chi connectivity index (χ4n) is 4.41. The monoisotopic (exact) mass is 589 g/mol. The van der Waals surface area contributed by atoms with Crippen molar-refractivity contribution in [1.29, 1.82) is 0 Å². The SMILES string of the molecule is O=C(Nc1cc2c(CC(F)(F)F)noc2c2c1C(c1cc(F)ccc1Cl)NC2=O)c1cc(F)cc(C(F)(F)F)c1. The van der Waals surface area contributed by atoms with Crippen molar-refractivity contribution in [2.45, 2.75) is 24.8 Å². The van der Waals surface area contributed by atoms with Crippen LogP contribution in [0, 0.1) is 11.6 Å². The standard InChI is InChI=1S/C25H12ClF8N3O3/c26-15-2-1-11(27)6-13(15)20-18-16(35-22(38)9-3-10(25(32,33)34)5-12(28)4-9)7-14-17(8-24(29,30)31)37-40-21(14)19(18)23(39)36-20/h1-7,20H,8H2,(H,35,38)(H,36,39). The van der Waals surface area contributed by atoms with Gasteiger partial charge in [-0.25, -0.2) is 8.78 Å². The summed E-state index contributed by atoms with van der Waals surface area (Å²) in [4.78, 5) is 26.0. The fraction of sp³-hybridized carbons (Fsp3) is 0.160. The normalized spacial score (nSPS) is 15.3. The Kier molecular flexibility index (Phi) is 6.48. The Morgan fingerprint density at radius 2 is 1.75 bits per heavy atom. The van der Waals surface area contributed by atoms with E-state index in [2.05, 4.69) is 15.8 Å². The molecule has 0 aliphatic carbocycles. The molecule has 0 saturated carbocycles. The van der Waals surface area contributed by atoms with Gasteiger partial charge in [0, 0.05) is 32.8 Å². The fourth-order valence-corrected chi connectivity index (χ4v) is 4.63. The van der Waals surface area contributed by atoms with Gasteiger partial charge < -0.3 is 15.2 Å². The Morgan fingerprint density at radius 1 is 1.02 bits per heavy atom. The molecule has 1 unspecified atom stereocenters. The quantitative estimate of drug-likeness (QED) is 0.252. The van der Waals surface area contributed by atoms with Gasteiger partial charge in [0.1, 0.15) is 17.3 Å². The minimum absolute atomic E-state index is 0.0104. The maximum Gasteiger partial charge on any atom is 0.416 e. The third kappa shape index (κ3) is 5.06. The Labute approximate surface area is 222 Å². The molecule has 6 nitrogen and oxygen atoms in total. The number of anilines is 1. The van der Waals surface area contributed by atoms with Gasteiger partial charge in [-0.05, 0) is 42.5 Å². The highest BCUT2D eigenvalue weighted by Gasteiger charge is 2.40. The number of nitrogens with one attached hydrogen (secondary N) is 2. The first-order valence-electron chi connectivity index (χ1n) is 11.1. The van der Waals surface area contributed by atoms with Crippen molar-refractivity contribution in [3.05, 3.63) is 92.6 Å². The Hall–Kier alpha value is -4.20. The van der Waals surface area contributed by atoms with E-state index >= 15 is 0 Å². The number of carbonyl (C=O) groups excluding carboxylic acids is 2. The van der Waals surface area contributed by atoms with Gasteiger partial charge >= 0.3 is 12.4 Å². The highest BCUT2D eigenvalue weighted by molar-refractivity contribution is 6.31. The van der Waals surface area contributed by atoms with E-state index in [1.54, 1.807) is 0 Å². The molecule has 40 heavy (non-hydrogen) atoms. The molecule has 208 valence electrons. The van der Waals surface area contributed by atoms with E-state index < -0.39 is 65.1 Å². The Balaban J connectivity index is 1.70. The van der Waals surface area contributed by atoms with Crippen molar-refractivity contribution >= 4 is 40.1 Å². The number of aromatic nitrogens is 1. The smallest absolute Gasteiger partial charge is 0.355 e. The van der Waals surface area contributed by atoms with Crippen LogP contribution in [0.3, 0.4) is 0 Å². The van der Waals surface area contributed by atoms with Gasteiger partial charge in [0.2, 0.25) is 0 Å². The van der Waals surface area contributed by atoms with E-state index in [4.69, 9.17) is 16.1 Å². The number of alkyl halides is 6.